The molecule has 1 unspecified atom stereocenters. The molecule has 1 aliphatic heterocycles. The number of hydrogen-bond donors (Lipinski definition) is 0. The van der Waals surface area contributed by atoms with Gasteiger partial charge in [-0.05, 0) is 37.7 Å². The van der Waals surface area contributed by atoms with Crippen LogP contribution in [0.5, 0.6) is 0 Å². The fraction of sp³-hybridized carbons (Fsp3) is 0.533. The number of aryl methyl sites for hydroxylation is 1. The topological polar surface area (TPSA) is 17.8 Å². The van der Waals surface area contributed by atoms with Gasteiger partial charge in [-0.25, -0.2) is 4.98 Å². The molecular formula is C15H19ClN2S. The van der Waals surface area contributed by atoms with Gasteiger partial charge in [-0.3, -0.25) is 0 Å². The van der Waals surface area contributed by atoms with Crippen molar-refractivity contribution >= 4 is 34.4 Å². The molecule has 2 nitrogen and oxygen atoms in total. The molecule has 1 saturated heterocycles. The summed E-state index contributed by atoms with van der Waals surface area (Å²) in [7, 11) is 0. The average Bonchev–Trinajstić information content (AvgIpc) is 2.97. The maximum Gasteiger partial charge on any atom is 0.111 e. The van der Waals surface area contributed by atoms with Gasteiger partial charge in [0.25, 0.3) is 0 Å². The second-order valence-corrected chi connectivity index (χ2v) is 7.50. The summed E-state index contributed by atoms with van der Waals surface area (Å²) in [5.41, 5.74) is 2.34. The third-order valence-corrected chi connectivity index (χ3v) is 5.56. The van der Waals surface area contributed by atoms with E-state index in [1.807, 2.05) is 0 Å². The molecule has 1 fully saturated rings. The number of thioether (sulfide) groups is 1. The maximum atomic E-state index is 5.93. The first-order chi connectivity index (χ1) is 9.22. The Kier molecular flexibility index (Phi) is 3.77. The largest absolute Gasteiger partial charge is 0.327 e. The Morgan fingerprint density at radius 2 is 2.26 bits per heavy atom. The first-order valence-corrected chi connectivity index (χ1v) is 8.38. The van der Waals surface area contributed by atoms with Crippen LogP contribution in [-0.4, -0.2) is 25.9 Å². The predicted molar refractivity (Wildman–Crippen MR) is 84.3 cm³/mol. The number of aromatic nitrogens is 2. The van der Waals surface area contributed by atoms with Gasteiger partial charge in [0.15, 0.2) is 0 Å². The van der Waals surface area contributed by atoms with Gasteiger partial charge in [-0.15, -0.1) is 11.6 Å². The number of rotatable bonds is 4. The van der Waals surface area contributed by atoms with E-state index < -0.39 is 0 Å². The minimum absolute atomic E-state index is 0.352. The maximum absolute atomic E-state index is 5.93. The first kappa shape index (κ1) is 13.3. The van der Waals surface area contributed by atoms with Crippen LogP contribution in [0, 0.1) is 0 Å². The molecule has 0 saturated carbocycles. The van der Waals surface area contributed by atoms with Gasteiger partial charge in [0, 0.05) is 23.6 Å². The zero-order valence-corrected chi connectivity index (χ0v) is 12.8. The Labute approximate surface area is 123 Å². The lowest BCUT2D eigenvalue weighted by atomic mass is 10.1. The molecule has 1 aromatic carbocycles. The minimum Gasteiger partial charge on any atom is -0.327 e. The average molecular weight is 295 g/mol. The molecule has 0 radical (unpaired) electrons. The van der Waals surface area contributed by atoms with Gasteiger partial charge in [0.05, 0.1) is 11.0 Å². The highest BCUT2D eigenvalue weighted by Gasteiger charge is 2.31. The highest BCUT2D eigenvalue weighted by Crippen LogP contribution is 2.39. The lowest BCUT2D eigenvalue weighted by molar-refractivity contribution is 0.507. The van der Waals surface area contributed by atoms with Crippen LogP contribution in [0.2, 0.25) is 0 Å². The smallest absolute Gasteiger partial charge is 0.111 e. The quantitative estimate of drug-likeness (QED) is 0.790. The van der Waals surface area contributed by atoms with Crippen molar-refractivity contribution in [3.63, 3.8) is 0 Å². The standard InChI is InChI=1S/C15H19ClN2S/c1-15(8-4-10-19-15)11-18-13-6-3-2-5-12(13)17-14(18)7-9-16/h2-3,5-6H,4,7-11H2,1H3. The Morgan fingerprint density at radius 3 is 3.00 bits per heavy atom. The number of imidazole rings is 1. The van der Waals surface area contributed by atoms with E-state index in [9.17, 15) is 0 Å². The van der Waals surface area contributed by atoms with Crippen LogP contribution in [0.15, 0.2) is 24.3 Å². The van der Waals surface area contributed by atoms with Crippen molar-refractivity contribution in [1.82, 2.24) is 9.55 Å². The SMILES string of the molecule is CC1(Cn2c(CCCl)nc3ccccc32)CCCS1. The second-order valence-electron chi connectivity index (χ2n) is 5.44. The van der Waals surface area contributed by atoms with E-state index in [2.05, 4.69) is 47.5 Å². The van der Waals surface area contributed by atoms with E-state index in [1.165, 1.54) is 24.1 Å². The lowest BCUT2D eigenvalue weighted by Crippen LogP contribution is -2.25. The van der Waals surface area contributed by atoms with Gasteiger partial charge in [-0.1, -0.05) is 12.1 Å². The molecule has 0 bridgehead atoms. The summed E-state index contributed by atoms with van der Waals surface area (Å²) in [4.78, 5) is 4.74. The number of halogens is 1. The van der Waals surface area contributed by atoms with Gasteiger partial charge < -0.3 is 4.57 Å². The zero-order valence-electron chi connectivity index (χ0n) is 11.2. The Hall–Kier alpha value is -0.670. The molecule has 0 aliphatic carbocycles. The van der Waals surface area contributed by atoms with Gasteiger partial charge in [0.2, 0.25) is 0 Å². The summed E-state index contributed by atoms with van der Waals surface area (Å²) >= 11 is 8.03. The molecule has 19 heavy (non-hydrogen) atoms. The zero-order chi connectivity index (χ0) is 13.3. The molecule has 102 valence electrons. The van der Waals surface area contributed by atoms with E-state index in [1.54, 1.807) is 0 Å². The number of benzene rings is 1. The first-order valence-electron chi connectivity index (χ1n) is 6.86. The minimum atomic E-state index is 0.352. The van der Waals surface area contributed by atoms with Crippen LogP contribution >= 0.6 is 23.4 Å². The van der Waals surface area contributed by atoms with Crippen LogP contribution in [0.4, 0.5) is 0 Å². The van der Waals surface area contributed by atoms with E-state index in [-0.39, 0.29) is 0 Å². The molecule has 0 amide bonds. The number of nitrogens with zero attached hydrogens (tertiary/aromatic N) is 2. The Morgan fingerprint density at radius 1 is 1.42 bits per heavy atom. The van der Waals surface area contributed by atoms with Gasteiger partial charge in [-0.2, -0.15) is 11.8 Å². The molecule has 1 atom stereocenters. The monoisotopic (exact) mass is 294 g/mol. The fourth-order valence-electron chi connectivity index (χ4n) is 2.87. The van der Waals surface area contributed by atoms with Gasteiger partial charge in [0.1, 0.15) is 5.82 Å². The summed E-state index contributed by atoms with van der Waals surface area (Å²) in [6, 6.07) is 8.40. The van der Waals surface area contributed by atoms with E-state index in [0.717, 1.165) is 24.3 Å². The molecule has 2 aromatic rings. The van der Waals surface area contributed by atoms with Crippen LogP contribution in [-0.2, 0) is 13.0 Å². The van der Waals surface area contributed by atoms with E-state index >= 15 is 0 Å². The van der Waals surface area contributed by atoms with Crippen molar-refractivity contribution < 1.29 is 0 Å². The van der Waals surface area contributed by atoms with Crippen LogP contribution < -0.4 is 0 Å². The normalized spacial score (nSPS) is 23.3. The number of fused-ring (bicyclic) bond motifs is 1. The molecule has 2 heterocycles. The summed E-state index contributed by atoms with van der Waals surface area (Å²) in [5.74, 6) is 3.05. The van der Waals surface area contributed by atoms with Crippen molar-refractivity contribution in [1.29, 1.82) is 0 Å². The van der Waals surface area contributed by atoms with E-state index in [4.69, 9.17) is 16.6 Å². The third kappa shape index (κ3) is 2.63. The molecule has 0 spiro atoms. The Balaban J connectivity index is 2.01. The van der Waals surface area contributed by atoms with Crippen molar-refractivity contribution in [3.8, 4) is 0 Å². The van der Waals surface area contributed by atoms with Crippen molar-refractivity contribution in [2.75, 3.05) is 11.6 Å². The molecule has 1 aromatic heterocycles. The number of alkyl halides is 1. The summed E-state index contributed by atoms with van der Waals surface area (Å²) in [5, 5.41) is 0. The third-order valence-electron chi connectivity index (χ3n) is 3.84. The lowest BCUT2D eigenvalue weighted by Gasteiger charge is -2.24. The highest BCUT2D eigenvalue weighted by molar-refractivity contribution is 8.00. The molecule has 4 heteroatoms. The molecular weight excluding hydrogens is 276 g/mol. The van der Waals surface area contributed by atoms with E-state index in [0.29, 0.717) is 10.6 Å². The highest BCUT2D eigenvalue weighted by atomic mass is 35.5. The van der Waals surface area contributed by atoms with Gasteiger partial charge >= 0.3 is 0 Å². The van der Waals surface area contributed by atoms with Crippen LogP contribution in [0.1, 0.15) is 25.6 Å². The molecule has 0 N–H and O–H groups in total. The second kappa shape index (κ2) is 5.37. The van der Waals surface area contributed by atoms with Crippen LogP contribution in [0.25, 0.3) is 11.0 Å². The molecule has 1 aliphatic rings. The Bertz CT molecular complexity index is 573. The van der Waals surface area contributed by atoms with Crippen molar-refractivity contribution in [2.24, 2.45) is 0 Å². The van der Waals surface area contributed by atoms with Crippen molar-refractivity contribution in [2.45, 2.75) is 37.5 Å². The summed E-state index contributed by atoms with van der Waals surface area (Å²) < 4.78 is 2.74. The fourth-order valence-corrected chi connectivity index (χ4v) is 4.33. The number of para-hydroxylation sites is 2. The predicted octanol–water partition coefficient (Wildman–Crippen LogP) is 4.10. The number of hydrogen-bond acceptors (Lipinski definition) is 2. The van der Waals surface area contributed by atoms with Crippen LogP contribution in [0.3, 0.4) is 0 Å². The summed E-state index contributed by atoms with van der Waals surface area (Å²) in [6.07, 6.45) is 3.47. The summed E-state index contributed by atoms with van der Waals surface area (Å²) in [6.45, 7) is 3.42. The molecule has 3 rings (SSSR count). The van der Waals surface area contributed by atoms with Crippen molar-refractivity contribution in [3.05, 3.63) is 30.1 Å².